The Kier molecular flexibility index (Phi) is 2.28. The van der Waals surface area contributed by atoms with Crippen molar-refractivity contribution in [2.24, 2.45) is 0 Å². The molecule has 0 amide bonds. The highest BCUT2D eigenvalue weighted by Gasteiger charge is 2.42. The van der Waals surface area contributed by atoms with Crippen LogP contribution in [0.5, 0.6) is 0 Å². The van der Waals surface area contributed by atoms with Gasteiger partial charge in [-0.05, 0) is 6.92 Å². The van der Waals surface area contributed by atoms with Crippen LogP contribution in [0.2, 0.25) is 0 Å². The lowest BCUT2D eigenvalue weighted by Gasteiger charge is -2.07. The summed E-state index contributed by atoms with van der Waals surface area (Å²) in [6.45, 7) is 1.92. The van der Waals surface area contributed by atoms with E-state index in [1.165, 1.54) is 0 Å². The van der Waals surface area contributed by atoms with Gasteiger partial charge in [-0.3, -0.25) is 4.79 Å². The van der Waals surface area contributed by atoms with E-state index in [2.05, 4.69) is 0 Å². The first-order valence-corrected chi connectivity index (χ1v) is 4.58. The predicted molar refractivity (Wildman–Crippen MR) is 51.0 cm³/mol. The Morgan fingerprint density at radius 3 is 2.27 bits per heavy atom. The van der Waals surface area contributed by atoms with Gasteiger partial charge in [0.15, 0.2) is 6.10 Å². The average Bonchev–Trinajstić information content (AvgIpc) is 2.47. The van der Waals surface area contributed by atoms with Crippen LogP contribution >= 0.6 is 0 Å². The lowest BCUT2D eigenvalue weighted by Crippen LogP contribution is -2.21. The number of hydrogen-bond donors (Lipinski definition) is 1. The average molecular weight is 206 g/mol. The highest BCUT2D eigenvalue weighted by molar-refractivity contribution is 6.09. The number of ketones is 1. The van der Waals surface area contributed by atoms with E-state index < -0.39 is 24.0 Å². The molecule has 1 saturated heterocycles. The van der Waals surface area contributed by atoms with Gasteiger partial charge < -0.3 is 9.84 Å². The van der Waals surface area contributed by atoms with Gasteiger partial charge in [0.1, 0.15) is 0 Å². The van der Waals surface area contributed by atoms with E-state index in [4.69, 9.17) is 9.84 Å². The molecule has 1 N–H and O–H groups in total. The van der Waals surface area contributed by atoms with Crippen LogP contribution in [-0.4, -0.2) is 23.0 Å². The summed E-state index contributed by atoms with van der Waals surface area (Å²) >= 11 is 0. The van der Waals surface area contributed by atoms with Gasteiger partial charge >= 0.3 is 5.97 Å². The number of esters is 1. The van der Waals surface area contributed by atoms with Crippen molar-refractivity contribution in [2.75, 3.05) is 0 Å². The maximum Gasteiger partial charge on any atom is 0.344 e. The van der Waals surface area contributed by atoms with Crippen molar-refractivity contribution in [1.82, 2.24) is 0 Å². The minimum Gasteiger partial charge on any atom is -0.447 e. The standard InChI is InChI=1S/C11H10O4/c1-6-2-4-7(5-3-6)10-8(12)9(13)11(14)15-10/h2-5,9-10,13H,1H3. The number of benzene rings is 1. The van der Waals surface area contributed by atoms with E-state index in [9.17, 15) is 9.59 Å². The molecule has 1 fully saturated rings. The molecule has 0 spiro atoms. The van der Waals surface area contributed by atoms with E-state index in [0.717, 1.165) is 5.56 Å². The molecule has 4 nitrogen and oxygen atoms in total. The van der Waals surface area contributed by atoms with E-state index in [0.29, 0.717) is 5.56 Å². The Balaban J connectivity index is 2.29. The van der Waals surface area contributed by atoms with Crippen molar-refractivity contribution in [1.29, 1.82) is 0 Å². The molecule has 1 aliphatic rings. The van der Waals surface area contributed by atoms with Gasteiger partial charge in [-0.1, -0.05) is 29.8 Å². The highest BCUT2D eigenvalue weighted by Crippen LogP contribution is 2.26. The number of aryl methyl sites for hydroxylation is 1. The summed E-state index contributed by atoms with van der Waals surface area (Å²) in [7, 11) is 0. The zero-order chi connectivity index (χ0) is 11.0. The zero-order valence-corrected chi connectivity index (χ0v) is 8.14. The number of hydrogen-bond acceptors (Lipinski definition) is 4. The third-order valence-electron chi connectivity index (χ3n) is 2.37. The second kappa shape index (κ2) is 3.47. The number of aliphatic hydroxyl groups excluding tert-OH is 1. The van der Waals surface area contributed by atoms with Crippen molar-refractivity contribution in [3.63, 3.8) is 0 Å². The summed E-state index contributed by atoms with van der Waals surface area (Å²) in [4.78, 5) is 22.3. The summed E-state index contributed by atoms with van der Waals surface area (Å²) in [5.74, 6) is -1.46. The smallest absolute Gasteiger partial charge is 0.344 e. The summed E-state index contributed by atoms with van der Waals surface area (Å²) in [6.07, 6.45) is -2.58. The van der Waals surface area contributed by atoms with Gasteiger partial charge in [0.05, 0.1) is 0 Å². The van der Waals surface area contributed by atoms with Crippen molar-refractivity contribution in [2.45, 2.75) is 19.1 Å². The molecule has 2 unspecified atom stereocenters. The summed E-state index contributed by atoms with van der Waals surface area (Å²) in [6, 6.07) is 7.06. The quantitative estimate of drug-likeness (QED) is 0.537. The number of ether oxygens (including phenoxy) is 1. The van der Waals surface area contributed by atoms with Gasteiger partial charge in [-0.25, -0.2) is 4.79 Å². The molecule has 0 saturated carbocycles. The molecular weight excluding hydrogens is 196 g/mol. The summed E-state index contributed by atoms with van der Waals surface area (Å²) in [5.41, 5.74) is 1.64. The van der Waals surface area contributed by atoms with Crippen LogP contribution in [0.1, 0.15) is 17.2 Å². The minimum atomic E-state index is -1.63. The van der Waals surface area contributed by atoms with E-state index in [-0.39, 0.29) is 0 Å². The van der Waals surface area contributed by atoms with Crippen molar-refractivity contribution in [3.8, 4) is 0 Å². The maximum absolute atomic E-state index is 11.4. The lowest BCUT2D eigenvalue weighted by molar-refractivity contribution is -0.147. The summed E-state index contributed by atoms with van der Waals surface area (Å²) < 4.78 is 4.77. The Morgan fingerprint density at radius 2 is 1.80 bits per heavy atom. The molecule has 15 heavy (non-hydrogen) atoms. The highest BCUT2D eigenvalue weighted by atomic mass is 16.6. The molecule has 1 aliphatic heterocycles. The molecule has 0 aliphatic carbocycles. The van der Waals surface area contributed by atoms with Gasteiger partial charge in [0.2, 0.25) is 11.9 Å². The SMILES string of the molecule is Cc1ccc(C2OC(=O)C(O)C2=O)cc1. The molecular formula is C11H10O4. The van der Waals surface area contributed by atoms with Crippen molar-refractivity contribution >= 4 is 11.8 Å². The normalized spacial score (nSPS) is 25.5. The topological polar surface area (TPSA) is 63.6 Å². The third-order valence-corrected chi connectivity index (χ3v) is 2.37. The number of Topliss-reactive ketones (excluding diaryl/α,β-unsaturated/α-hetero) is 1. The first-order chi connectivity index (χ1) is 7.09. The largest absolute Gasteiger partial charge is 0.447 e. The minimum absolute atomic E-state index is 0.593. The first kappa shape index (κ1) is 9.86. The van der Waals surface area contributed by atoms with Gasteiger partial charge in [0, 0.05) is 5.56 Å². The van der Waals surface area contributed by atoms with Crippen LogP contribution in [0.4, 0.5) is 0 Å². The van der Waals surface area contributed by atoms with Crippen molar-refractivity contribution < 1.29 is 19.4 Å². The molecule has 1 heterocycles. The lowest BCUT2D eigenvalue weighted by atomic mass is 10.0. The maximum atomic E-state index is 11.4. The predicted octanol–water partition coefficient (Wildman–Crippen LogP) is 0.523. The molecule has 1 aromatic carbocycles. The fourth-order valence-electron chi connectivity index (χ4n) is 1.47. The first-order valence-electron chi connectivity index (χ1n) is 4.58. The molecule has 1 aromatic rings. The van der Waals surface area contributed by atoms with Crippen LogP contribution < -0.4 is 0 Å². The molecule has 0 bridgehead atoms. The molecule has 78 valence electrons. The van der Waals surface area contributed by atoms with Gasteiger partial charge in [-0.15, -0.1) is 0 Å². The second-order valence-electron chi connectivity index (χ2n) is 3.53. The molecule has 0 aromatic heterocycles. The molecule has 2 atom stereocenters. The fourth-order valence-corrected chi connectivity index (χ4v) is 1.47. The van der Waals surface area contributed by atoms with E-state index in [1.807, 2.05) is 19.1 Å². The molecule has 0 radical (unpaired) electrons. The van der Waals surface area contributed by atoms with Crippen LogP contribution in [0.15, 0.2) is 24.3 Å². The monoisotopic (exact) mass is 206 g/mol. The van der Waals surface area contributed by atoms with Crippen LogP contribution in [0, 0.1) is 6.92 Å². The number of carbonyl (C=O) groups excluding carboxylic acids is 2. The number of carbonyl (C=O) groups is 2. The zero-order valence-electron chi connectivity index (χ0n) is 8.14. The van der Waals surface area contributed by atoms with Gasteiger partial charge in [0.25, 0.3) is 0 Å². The number of cyclic esters (lactones) is 1. The Labute approximate surface area is 86.5 Å². The Bertz CT molecular complexity index is 407. The van der Waals surface area contributed by atoms with Gasteiger partial charge in [-0.2, -0.15) is 0 Å². The Hall–Kier alpha value is -1.68. The number of aliphatic hydroxyl groups is 1. The van der Waals surface area contributed by atoms with E-state index in [1.54, 1.807) is 12.1 Å². The van der Waals surface area contributed by atoms with Crippen LogP contribution in [0.3, 0.4) is 0 Å². The van der Waals surface area contributed by atoms with E-state index >= 15 is 0 Å². The van der Waals surface area contributed by atoms with Crippen molar-refractivity contribution in [3.05, 3.63) is 35.4 Å². The summed E-state index contributed by atoms with van der Waals surface area (Å²) in [5, 5.41) is 9.13. The van der Waals surface area contributed by atoms with Crippen LogP contribution in [0.25, 0.3) is 0 Å². The fraction of sp³-hybridized carbons (Fsp3) is 0.273. The number of rotatable bonds is 1. The molecule has 2 rings (SSSR count). The van der Waals surface area contributed by atoms with Crippen LogP contribution in [-0.2, 0) is 14.3 Å². The molecule has 4 heteroatoms. The third kappa shape index (κ3) is 1.64. The second-order valence-corrected chi connectivity index (χ2v) is 3.53. The Morgan fingerprint density at radius 1 is 1.20 bits per heavy atom.